The van der Waals surface area contributed by atoms with Gasteiger partial charge in [-0.2, -0.15) is 0 Å². The zero-order valence-corrected chi connectivity index (χ0v) is 13.1. The highest BCUT2D eigenvalue weighted by atomic mass is 32.2. The minimum atomic E-state index is -3.29. The van der Waals surface area contributed by atoms with Crippen molar-refractivity contribution in [3.05, 3.63) is 18.2 Å². The summed E-state index contributed by atoms with van der Waals surface area (Å²) in [5, 5.41) is 0. The Morgan fingerprint density at radius 2 is 1.60 bits per heavy atom. The van der Waals surface area contributed by atoms with Crippen molar-refractivity contribution < 1.29 is 17.9 Å². The van der Waals surface area contributed by atoms with Crippen LogP contribution in [0.25, 0.3) is 0 Å². The van der Waals surface area contributed by atoms with Gasteiger partial charge in [0.05, 0.1) is 24.7 Å². The smallest absolute Gasteiger partial charge is 0.232 e. The van der Waals surface area contributed by atoms with Gasteiger partial charge >= 0.3 is 0 Å². The summed E-state index contributed by atoms with van der Waals surface area (Å²) >= 11 is 0. The molecule has 1 rings (SSSR count). The molecule has 20 heavy (non-hydrogen) atoms. The lowest BCUT2D eigenvalue weighted by molar-refractivity contribution is 0.268. The van der Waals surface area contributed by atoms with E-state index in [0.717, 1.165) is 12.8 Å². The van der Waals surface area contributed by atoms with Crippen LogP contribution in [-0.2, 0) is 10.0 Å². The number of hydrogen-bond acceptors (Lipinski definition) is 4. The summed E-state index contributed by atoms with van der Waals surface area (Å²) in [5.41, 5.74) is 0.488. The summed E-state index contributed by atoms with van der Waals surface area (Å²) in [6, 6.07) is 5.07. The lowest BCUT2D eigenvalue weighted by Crippen LogP contribution is -2.14. The largest absolute Gasteiger partial charge is 0.490 e. The second-order valence-corrected chi connectivity index (χ2v) is 6.37. The van der Waals surface area contributed by atoms with Crippen LogP contribution >= 0.6 is 0 Å². The second kappa shape index (κ2) is 7.99. The number of hydrogen-bond donors (Lipinski definition) is 1. The molecule has 0 spiro atoms. The molecule has 0 bridgehead atoms. The van der Waals surface area contributed by atoms with E-state index in [1.54, 1.807) is 25.1 Å². The third-order valence-electron chi connectivity index (χ3n) is 2.52. The molecule has 5 nitrogen and oxygen atoms in total. The Morgan fingerprint density at radius 3 is 2.15 bits per heavy atom. The minimum absolute atomic E-state index is 0.0340. The van der Waals surface area contributed by atoms with Crippen molar-refractivity contribution in [3.63, 3.8) is 0 Å². The number of ether oxygens (including phenoxy) is 2. The van der Waals surface area contributed by atoms with Crippen LogP contribution in [0, 0.1) is 0 Å². The molecule has 1 aromatic carbocycles. The Hall–Kier alpha value is -1.43. The predicted molar refractivity (Wildman–Crippen MR) is 81.1 cm³/mol. The molecule has 0 radical (unpaired) electrons. The zero-order valence-electron chi connectivity index (χ0n) is 12.3. The highest BCUT2D eigenvalue weighted by Gasteiger charge is 2.11. The molecule has 0 amide bonds. The van der Waals surface area contributed by atoms with E-state index in [2.05, 4.69) is 4.72 Å². The van der Waals surface area contributed by atoms with Crippen LogP contribution in [0.1, 0.15) is 33.6 Å². The molecule has 1 aromatic rings. The monoisotopic (exact) mass is 301 g/mol. The highest BCUT2D eigenvalue weighted by molar-refractivity contribution is 7.92. The van der Waals surface area contributed by atoms with Gasteiger partial charge in [-0.15, -0.1) is 0 Å². The third kappa shape index (κ3) is 5.28. The number of sulfonamides is 1. The van der Waals surface area contributed by atoms with E-state index in [0.29, 0.717) is 30.4 Å². The lowest BCUT2D eigenvalue weighted by atomic mass is 10.3. The van der Waals surface area contributed by atoms with Gasteiger partial charge in [0.25, 0.3) is 0 Å². The zero-order chi connectivity index (χ0) is 15.0. The third-order valence-corrected chi connectivity index (χ3v) is 3.83. The van der Waals surface area contributed by atoms with E-state index in [-0.39, 0.29) is 5.75 Å². The molecule has 0 saturated carbocycles. The topological polar surface area (TPSA) is 64.6 Å². The fraction of sp³-hybridized carbons (Fsp3) is 0.571. The van der Waals surface area contributed by atoms with Gasteiger partial charge in [-0.05, 0) is 31.9 Å². The average Bonchev–Trinajstić information content (AvgIpc) is 2.43. The van der Waals surface area contributed by atoms with Crippen LogP contribution in [0.15, 0.2) is 18.2 Å². The van der Waals surface area contributed by atoms with Crippen molar-refractivity contribution in [2.45, 2.75) is 33.6 Å². The molecule has 0 unspecified atom stereocenters. The maximum Gasteiger partial charge on any atom is 0.232 e. The van der Waals surface area contributed by atoms with Gasteiger partial charge in [-0.3, -0.25) is 4.72 Å². The fourth-order valence-corrected chi connectivity index (χ4v) is 2.11. The summed E-state index contributed by atoms with van der Waals surface area (Å²) in [4.78, 5) is 0. The first-order valence-electron chi connectivity index (χ1n) is 6.92. The molecular weight excluding hydrogens is 278 g/mol. The Bertz CT molecular complexity index is 514. The Balaban J connectivity index is 2.94. The summed E-state index contributed by atoms with van der Waals surface area (Å²) in [6.45, 7) is 6.79. The molecule has 0 heterocycles. The lowest BCUT2D eigenvalue weighted by Gasteiger charge is -2.14. The first-order chi connectivity index (χ1) is 9.52. The van der Waals surface area contributed by atoms with E-state index in [1.807, 2.05) is 13.8 Å². The average molecular weight is 301 g/mol. The maximum atomic E-state index is 11.6. The van der Waals surface area contributed by atoms with Crippen molar-refractivity contribution >= 4 is 15.7 Å². The Labute approximate surface area is 121 Å². The molecule has 0 aromatic heterocycles. The van der Waals surface area contributed by atoms with Gasteiger partial charge < -0.3 is 9.47 Å². The standard InChI is InChI=1S/C14H23NO4S/c1-4-9-18-13-8-7-12(15-20(16,17)6-3)11-14(13)19-10-5-2/h7-8,11,15H,4-6,9-10H2,1-3H3. The SMILES string of the molecule is CCCOc1ccc(NS(=O)(=O)CC)cc1OCCC. The van der Waals surface area contributed by atoms with Crippen molar-refractivity contribution in [3.8, 4) is 11.5 Å². The van der Waals surface area contributed by atoms with Crippen molar-refractivity contribution in [2.24, 2.45) is 0 Å². The van der Waals surface area contributed by atoms with Crippen LogP contribution in [0.4, 0.5) is 5.69 Å². The number of benzene rings is 1. The van der Waals surface area contributed by atoms with E-state index in [4.69, 9.17) is 9.47 Å². The predicted octanol–water partition coefficient (Wildman–Crippen LogP) is 3.03. The van der Waals surface area contributed by atoms with E-state index >= 15 is 0 Å². The molecule has 0 aliphatic heterocycles. The van der Waals surface area contributed by atoms with Crippen LogP contribution in [0.5, 0.6) is 11.5 Å². The van der Waals surface area contributed by atoms with E-state index in [1.165, 1.54) is 0 Å². The quantitative estimate of drug-likeness (QED) is 0.761. The fourth-order valence-electron chi connectivity index (χ4n) is 1.48. The molecule has 0 aliphatic rings. The summed E-state index contributed by atoms with van der Waals surface area (Å²) in [6.07, 6.45) is 1.77. The van der Waals surface area contributed by atoms with Gasteiger partial charge in [0.1, 0.15) is 0 Å². The number of anilines is 1. The first-order valence-corrected chi connectivity index (χ1v) is 8.57. The molecule has 1 N–H and O–H groups in total. The summed E-state index contributed by atoms with van der Waals surface area (Å²) in [5.74, 6) is 1.24. The van der Waals surface area contributed by atoms with Gasteiger partial charge in [0.2, 0.25) is 10.0 Å². The number of rotatable bonds is 9. The van der Waals surface area contributed by atoms with Crippen LogP contribution < -0.4 is 14.2 Å². The molecular formula is C14H23NO4S. The van der Waals surface area contributed by atoms with Crippen LogP contribution in [0.2, 0.25) is 0 Å². The maximum absolute atomic E-state index is 11.6. The first kappa shape index (κ1) is 16.6. The highest BCUT2D eigenvalue weighted by Crippen LogP contribution is 2.31. The molecule has 0 atom stereocenters. The number of nitrogens with one attached hydrogen (secondary N) is 1. The van der Waals surface area contributed by atoms with E-state index in [9.17, 15) is 8.42 Å². The van der Waals surface area contributed by atoms with Gasteiger partial charge in [-0.25, -0.2) is 8.42 Å². The minimum Gasteiger partial charge on any atom is -0.490 e. The van der Waals surface area contributed by atoms with Crippen molar-refractivity contribution in [2.75, 3.05) is 23.7 Å². The molecule has 6 heteroatoms. The molecule has 114 valence electrons. The summed E-state index contributed by atoms with van der Waals surface area (Å²) in [7, 11) is -3.29. The van der Waals surface area contributed by atoms with Gasteiger partial charge in [0, 0.05) is 6.07 Å². The Morgan fingerprint density at radius 1 is 1.00 bits per heavy atom. The molecule has 0 saturated heterocycles. The van der Waals surface area contributed by atoms with Gasteiger partial charge in [0.15, 0.2) is 11.5 Å². The van der Waals surface area contributed by atoms with Crippen LogP contribution in [0.3, 0.4) is 0 Å². The van der Waals surface area contributed by atoms with E-state index < -0.39 is 10.0 Å². The molecule has 0 fully saturated rings. The van der Waals surface area contributed by atoms with Gasteiger partial charge in [-0.1, -0.05) is 13.8 Å². The van der Waals surface area contributed by atoms with Crippen LogP contribution in [-0.4, -0.2) is 27.4 Å². The van der Waals surface area contributed by atoms with Crippen molar-refractivity contribution in [1.82, 2.24) is 0 Å². The van der Waals surface area contributed by atoms with Crippen molar-refractivity contribution in [1.29, 1.82) is 0 Å². The second-order valence-electron chi connectivity index (χ2n) is 4.36. The normalized spacial score (nSPS) is 11.2. The Kier molecular flexibility index (Phi) is 6.64. The summed E-state index contributed by atoms with van der Waals surface area (Å²) < 4.78 is 36.8. The molecule has 0 aliphatic carbocycles.